The van der Waals surface area contributed by atoms with Crippen molar-refractivity contribution in [1.82, 2.24) is 4.98 Å². The molecule has 0 fully saturated rings. The van der Waals surface area contributed by atoms with Crippen LogP contribution in [0.3, 0.4) is 0 Å². The molecular weight excluding hydrogens is 232 g/mol. The van der Waals surface area contributed by atoms with Crippen molar-refractivity contribution in [2.75, 3.05) is 44.5 Å². The van der Waals surface area contributed by atoms with Crippen LogP contribution in [0.2, 0.25) is 0 Å². The lowest BCUT2D eigenvalue weighted by molar-refractivity contribution is 0.0705. The quantitative estimate of drug-likeness (QED) is 0.668. The Morgan fingerprint density at radius 3 is 2.94 bits per heavy atom. The molecule has 1 heterocycles. The maximum atomic E-state index is 8.68. The Morgan fingerprint density at radius 1 is 1.44 bits per heavy atom. The summed E-state index contributed by atoms with van der Waals surface area (Å²) in [6.45, 7) is 2.59. The number of hydrogen-bond donors (Lipinski definition) is 2. The van der Waals surface area contributed by atoms with Crippen LogP contribution in [0.25, 0.3) is 0 Å². The second kappa shape index (κ2) is 8.28. The van der Waals surface area contributed by atoms with Crippen LogP contribution in [-0.4, -0.2) is 38.5 Å². The van der Waals surface area contributed by atoms with Gasteiger partial charge in [-0.15, -0.1) is 0 Å². The molecule has 0 aliphatic rings. The summed E-state index contributed by atoms with van der Waals surface area (Å²) in [4.78, 5) is 4.08. The second-order valence-corrected chi connectivity index (χ2v) is 3.66. The van der Waals surface area contributed by atoms with E-state index in [0.29, 0.717) is 36.9 Å². The third kappa shape index (κ3) is 4.99. The number of anilines is 2. The average Bonchev–Trinajstić information content (AvgIpc) is 2.39. The third-order valence-electron chi connectivity index (χ3n) is 2.24. The molecule has 0 radical (unpaired) electrons. The highest BCUT2D eigenvalue weighted by molar-refractivity contribution is 5.62. The number of nitrogen functional groups attached to an aromatic ring is 1. The lowest BCUT2D eigenvalue weighted by Crippen LogP contribution is -2.10. The van der Waals surface area contributed by atoms with Crippen molar-refractivity contribution >= 4 is 11.5 Å². The number of nitrogens with zero attached hydrogens (tertiary/aromatic N) is 2. The fraction of sp³-hybridized carbons (Fsp3) is 0.500. The summed E-state index contributed by atoms with van der Waals surface area (Å²) in [5, 5.41) is 11.8. The molecule has 0 amide bonds. The first kappa shape index (κ1) is 14.2. The summed E-state index contributed by atoms with van der Waals surface area (Å²) in [6.07, 6.45) is 2.35. The molecule has 1 rings (SSSR count). The number of nitrogens with two attached hydrogens (primary N) is 1. The maximum absolute atomic E-state index is 8.68. The summed E-state index contributed by atoms with van der Waals surface area (Å²) >= 11 is 0. The number of pyridine rings is 1. The first-order valence-corrected chi connectivity index (χ1v) is 5.74. The maximum Gasteiger partial charge on any atom is 0.149 e. The first-order chi connectivity index (χ1) is 8.77. The van der Waals surface area contributed by atoms with Gasteiger partial charge in [0.15, 0.2) is 0 Å². The monoisotopic (exact) mass is 250 g/mol. The van der Waals surface area contributed by atoms with Gasteiger partial charge in [0, 0.05) is 26.5 Å². The summed E-state index contributed by atoms with van der Waals surface area (Å²) in [7, 11) is 1.64. The molecule has 0 bridgehead atoms. The van der Waals surface area contributed by atoms with Gasteiger partial charge in [0.25, 0.3) is 0 Å². The molecule has 0 aliphatic heterocycles. The van der Waals surface area contributed by atoms with Crippen molar-refractivity contribution in [3.05, 3.63) is 17.8 Å². The summed E-state index contributed by atoms with van der Waals surface area (Å²) in [5.41, 5.74) is 6.69. The zero-order chi connectivity index (χ0) is 13.2. The average molecular weight is 250 g/mol. The van der Waals surface area contributed by atoms with Gasteiger partial charge in [-0.3, -0.25) is 0 Å². The molecule has 6 heteroatoms. The molecule has 0 atom stereocenters. The molecule has 6 nitrogen and oxygen atoms in total. The van der Waals surface area contributed by atoms with Gasteiger partial charge < -0.3 is 20.5 Å². The van der Waals surface area contributed by atoms with Crippen molar-refractivity contribution in [2.24, 2.45) is 0 Å². The van der Waals surface area contributed by atoms with E-state index < -0.39 is 0 Å². The Balaban J connectivity index is 2.21. The van der Waals surface area contributed by atoms with Crippen LogP contribution in [0.5, 0.6) is 0 Å². The molecule has 0 saturated carbocycles. The zero-order valence-corrected chi connectivity index (χ0v) is 10.5. The van der Waals surface area contributed by atoms with Gasteiger partial charge in [0.05, 0.1) is 24.5 Å². The van der Waals surface area contributed by atoms with Gasteiger partial charge in [0.1, 0.15) is 11.9 Å². The van der Waals surface area contributed by atoms with Gasteiger partial charge in [-0.25, -0.2) is 4.98 Å². The topological polar surface area (TPSA) is 93.2 Å². The minimum atomic E-state index is 0.459. The largest absolute Gasteiger partial charge is 0.396 e. The Morgan fingerprint density at radius 2 is 2.28 bits per heavy atom. The number of rotatable bonds is 8. The molecule has 98 valence electrons. The van der Waals surface area contributed by atoms with Crippen molar-refractivity contribution in [1.29, 1.82) is 5.26 Å². The number of ether oxygens (including phenoxy) is 2. The molecule has 0 aliphatic carbocycles. The first-order valence-electron chi connectivity index (χ1n) is 5.74. The van der Waals surface area contributed by atoms with Crippen molar-refractivity contribution in [3.8, 4) is 6.07 Å². The van der Waals surface area contributed by atoms with Crippen LogP contribution in [0.1, 0.15) is 12.0 Å². The van der Waals surface area contributed by atoms with E-state index in [1.54, 1.807) is 13.2 Å². The Kier molecular flexibility index (Phi) is 6.54. The molecular formula is C12H18N4O2. The van der Waals surface area contributed by atoms with E-state index in [1.807, 2.05) is 6.07 Å². The smallest absolute Gasteiger partial charge is 0.149 e. The molecule has 18 heavy (non-hydrogen) atoms. The summed E-state index contributed by atoms with van der Waals surface area (Å²) in [6, 6.07) is 3.59. The van der Waals surface area contributed by atoms with E-state index in [-0.39, 0.29) is 0 Å². The molecule has 0 spiro atoms. The van der Waals surface area contributed by atoms with Gasteiger partial charge >= 0.3 is 0 Å². The van der Waals surface area contributed by atoms with Gasteiger partial charge in [-0.2, -0.15) is 5.26 Å². The molecule has 3 N–H and O–H groups in total. The van der Waals surface area contributed by atoms with E-state index in [4.69, 9.17) is 20.5 Å². The van der Waals surface area contributed by atoms with Gasteiger partial charge in [-0.1, -0.05) is 0 Å². The van der Waals surface area contributed by atoms with Crippen molar-refractivity contribution in [3.63, 3.8) is 0 Å². The number of hydrogen-bond acceptors (Lipinski definition) is 6. The standard InChI is InChI=1S/C12H18N4O2/c1-17-5-6-18-4-2-3-15-12-11(14)7-10(8-13)9-16-12/h7,9H,2-6,14H2,1H3,(H,15,16). The van der Waals surface area contributed by atoms with Crippen LogP contribution in [0.15, 0.2) is 12.3 Å². The lowest BCUT2D eigenvalue weighted by atomic mass is 10.3. The number of aromatic nitrogens is 1. The predicted molar refractivity (Wildman–Crippen MR) is 69.2 cm³/mol. The van der Waals surface area contributed by atoms with Crippen LogP contribution in [0, 0.1) is 11.3 Å². The van der Waals surface area contributed by atoms with Crippen LogP contribution >= 0.6 is 0 Å². The minimum absolute atomic E-state index is 0.459. The fourth-order valence-electron chi connectivity index (χ4n) is 1.32. The van der Waals surface area contributed by atoms with Crippen molar-refractivity contribution in [2.45, 2.75) is 6.42 Å². The summed E-state index contributed by atoms with van der Waals surface area (Å²) in [5.74, 6) is 0.603. The second-order valence-electron chi connectivity index (χ2n) is 3.66. The highest BCUT2D eigenvalue weighted by atomic mass is 16.5. The highest BCUT2D eigenvalue weighted by Crippen LogP contribution is 2.15. The molecule has 0 aromatic carbocycles. The molecule has 1 aromatic rings. The zero-order valence-electron chi connectivity index (χ0n) is 10.5. The Labute approximate surface area is 107 Å². The van der Waals surface area contributed by atoms with Gasteiger partial charge in [-0.05, 0) is 12.5 Å². The molecule has 0 unspecified atom stereocenters. The van der Waals surface area contributed by atoms with E-state index >= 15 is 0 Å². The fourth-order valence-corrected chi connectivity index (χ4v) is 1.32. The van der Waals surface area contributed by atoms with E-state index in [9.17, 15) is 0 Å². The van der Waals surface area contributed by atoms with E-state index in [0.717, 1.165) is 13.0 Å². The summed E-state index contributed by atoms with van der Waals surface area (Å²) < 4.78 is 10.2. The number of methoxy groups -OCH3 is 1. The van der Waals surface area contributed by atoms with E-state index in [1.165, 1.54) is 6.20 Å². The predicted octanol–water partition coefficient (Wildman–Crippen LogP) is 1.00. The number of nitrogens with one attached hydrogen (secondary N) is 1. The third-order valence-corrected chi connectivity index (χ3v) is 2.24. The van der Waals surface area contributed by atoms with Crippen LogP contribution in [-0.2, 0) is 9.47 Å². The highest BCUT2D eigenvalue weighted by Gasteiger charge is 2.01. The number of nitriles is 1. The van der Waals surface area contributed by atoms with Crippen molar-refractivity contribution < 1.29 is 9.47 Å². The minimum Gasteiger partial charge on any atom is -0.396 e. The lowest BCUT2D eigenvalue weighted by Gasteiger charge is -2.08. The molecule has 1 aromatic heterocycles. The normalized spacial score (nSPS) is 10.0. The Hall–Kier alpha value is -1.84. The Bertz CT molecular complexity index is 404. The van der Waals surface area contributed by atoms with E-state index in [2.05, 4.69) is 10.3 Å². The van der Waals surface area contributed by atoms with Crippen LogP contribution < -0.4 is 11.1 Å². The van der Waals surface area contributed by atoms with Crippen LogP contribution in [0.4, 0.5) is 11.5 Å². The molecule has 0 saturated heterocycles. The SMILES string of the molecule is COCCOCCCNc1ncc(C#N)cc1N. The van der Waals surface area contributed by atoms with Gasteiger partial charge in [0.2, 0.25) is 0 Å².